The minimum atomic E-state index is 0.632. The van der Waals surface area contributed by atoms with Crippen LogP contribution in [0.2, 0.25) is 0 Å². The summed E-state index contributed by atoms with van der Waals surface area (Å²) < 4.78 is 0. The van der Waals surface area contributed by atoms with Gasteiger partial charge in [0.2, 0.25) is 6.41 Å². The minimum absolute atomic E-state index is 0.632. The summed E-state index contributed by atoms with van der Waals surface area (Å²) >= 11 is 1.39. The molecule has 1 N–H and O–H groups in total. The highest BCUT2D eigenvalue weighted by Gasteiger charge is 1.85. The van der Waals surface area contributed by atoms with Crippen LogP contribution in [0, 0.1) is 0 Å². The van der Waals surface area contributed by atoms with Gasteiger partial charge in [-0.3, -0.25) is 9.78 Å². The van der Waals surface area contributed by atoms with Crippen LogP contribution < -0.4 is 5.32 Å². The number of hydrogen-bond donors (Lipinski definition) is 1. The van der Waals surface area contributed by atoms with Gasteiger partial charge in [-0.25, -0.2) is 0 Å². The van der Waals surface area contributed by atoms with Crippen LogP contribution in [0.25, 0.3) is 0 Å². The Labute approximate surface area is 50.4 Å². The van der Waals surface area contributed by atoms with Crippen molar-refractivity contribution in [1.29, 1.82) is 0 Å². The largest absolute Gasteiger partial charge is 0.319 e. The zero-order valence-corrected chi connectivity index (χ0v) is 4.81. The van der Waals surface area contributed by atoms with Crippen molar-refractivity contribution >= 4 is 22.7 Å². The Hall–Kier alpha value is -0.900. The first-order chi connectivity index (χ1) is 3.93. The molecule has 8 heavy (non-hydrogen) atoms. The quantitative estimate of drug-likeness (QED) is 0.596. The monoisotopic (exact) mass is 128 g/mol. The predicted molar refractivity (Wildman–Crippen MR) is 31.8 cm³/mol. The molecular weight excluding hydrogens is 124 g/mol. The summed E-state index contributed by atoms with van der Waals surface area (Å²) in [5, 5.41) is 3.24. The zero-order valence-electron chi connectivity index (χ0n) is 4.00. The summed E-state index contributed by atoms with van der Waals surface area (Å²) in [7, 11) is 0. The van der Waals surface area contributed by atoms with E-state index in [-0.39, 0.29) is 0 Å². The lowest BCUT2D eigenvalue weighted by Gasteiger charge is -1.83. The molecule has 42 valence electrons. The van der Waals surface area contributed by atoms with Gasteiger partial charge in [-0.2, -0.15) is 0 Å². The second kappa shape index (κ2) is 2.42. The Balaban J connectivity index is 2.62. The van der Waals surface area contributed by atoms with E-state index < -0.39 is 0 Å². The molecule has 1 aromatic heterocycles. The maximum atomic E-state index is 9.74. The van der Waals surface area contributed by atoms with Gasteiger partial charge >= 0.3 is 0 Å². The third-order valence-corrected chi connectivity index (χ3v) is 1.34. The maximum Gasteiger partial charge on any atom is 0.212 e. The van der Waals surface area contributed by atoms with E-state index >= 15 is 0 Å². The minimum Gasteiger partial charge on any atom is -0.319 e. The van der Waals surface area contributed by atoms with E-state index in [0.717, 1.165) is 5.00 Å². The topological polar surface area (TPSA) is 42.0 Å². The average Bonchev–Trinajstić information content (AvgIpc) is 2.19. The number of nitrogens with zero attached hydrogens (tertiary/aromatic N) is 1. The fourth-order valence-corrected chi connectivity index (χ4v) is 0.818. The van der Waals surface area contributed by atoms with Crippen molar-refractivity contribution < 1.29 is 4.79 Å². The molecular formula is C4H4N2OS. The van der Waals surface area contributed by atoms with Crippen LogP contribution in [0.3, 0.4) is 0 Å². The number of aromatic nitrogens is 1. The van der Waals surface area contributed by atoms with Crippen LogP contribution in [0.4, 0.5) is 5.00 Å². The number of carbonyl (C=O) groups is 1. The molecule has 1 aromatic rings. The lowest BCUT2D eigenvalue weighted by molar-refractivity contribution is -0.105. The second-order valence-electron chi connectivity index (χ2n) is 1.13. The molecule has 1 rings (SSSR count). The first kappa shape index (κ1) is 5.24. The fraction of sp³-hybridized carbons (Fsp3) is 0. The molecule has 0 fully saturated rings. The van der Waals surface area contributed by atoms with Crippen LogP contribution in [-0.4, -0.2) is 11.4 Å². The zero-order chi connectivity index (χ0) is 5.82. The second-order valence-corrected chi connectivity index (χ2v) is 2.01. The normalized spacial score (nSPS) is 8.50. The smallest absolute Gasteiger partial charge is 0.212 e. The molecule has 0 saturated carbocycles. The molecule has 0 atom stereocenters. The van der Waals surface area contributed by atoms with Crippen molar-refractivity contribution in [2.75, 3.05) is 5.32 Å². The van der Waals surface area contributed by atoms with Gasteiger partial charge in [0.25, 0.3) is 0 Å². The third kappa shape index (κ3) is 1.04. The molecule has 4 heteroatoms. The lowest BCUT2D eigenvalue weighted by atomic mass is 10.8. The van der Waals surface area contributed by atoms with E-state index in [1.54, 1.807) is 11.7 Å². The van der Waals surface area contributed by atoms with Crippen molar-refractivity contribution in [3.05, 3.63) is 11.7 Å². The molecule has 1 heterocycles. The highest BCUT2D eigenvalue weighted by molar-refractivity contribution is 7.13. The summed E-state index contributed by atoms with van der Waals surface area (Å²) in [5.74, 6) is 0. The molecule has 0 aromatic carbocycles. The Bertz CT molecular complexity index is 161. The Morgan fingerprint density at radius 3 is 3.25 bits per heavy atom. The molecule has 0 saturated heterocycles. The van der Waals surface area contributed by atoms with Crippen molar-refractivity contribution in [3.63, 3.8) is 0 Å². The van der Waals surface area contributed by atoms with E-state index in [9.17, 15) is 4.79 Å². The number of carbonyl (C=O) groups excluding carboxylic acids is 1. The van der Waals surface area contributed by atoms with Gasteiger partial charge in [-0.05, 0) is 0 Å². The summed E-state index contributed by atoms with van der Waals surface area (Å²) in [6, 6.07) is 0. The summed E-state index contributed by atoms with van der Waals surface area (Å²) in [4.78, 5) is 13.5. The highest BCUT2D eigenvalue weighted by atomic mass is 32.1. The number of rotatable bonds is 2. The number of nitrogens with one attached hydrogen (secondary N) is 1. The Morgan fingerprint density at radius 2 is 2.75 bits per heavy atom. The van der Waals surface area contributed by atoms with Crippen molar-refractivity contribution in [1.82, 2.24) is 4.98 Å². The maximum absolute atomic E-state index is 9.74. The SMILES string of the molecule is O=CNc1cncs1. The van der Waals surface area contributed by atoms with Crippen LogP contribution in [0.5, 0.6) is 0 Å². The number of anilines is 1. The van der Waals surface area contributed by atoms with Crippen molar-refractivity contribution in [3.8, 4) is 0 Å². The molecule has 0 aliphatic heterocycles. The van der Waals surface area contributed by atoms with Gasteiger partial charge in [0.15, 0.2) is 0 Å². The molecule has 0 unspecified atom stereocenters. The van der Waals surface area contributed by atoms with E-state index in [0.29, 0.717) is 6.41 Å². The number of amides is 1. The Kier molecular flexibility index (Phi) is 1.58. The van der Waals surface area contributed by atoms with Gasteiger partial charge in [-0.1, -0.05) is 0 Å². The van der Waals surface area contributed by atoms with Gasteiger partial charge < -0.3 is 5.32 Å². The van der Waals surface area contributed by atoms with E-state index in [1.165, 1.54) is 11.3 Å². The summed E-state index contributed by atoms with van der Waals surface area (Å²) in [6.07, 6.45) is 2.23. The molecule has 0 aliphatic carbocycles. The van der Waals surface area contributed by atoms with Crippen molar-refractivity contribution in [2.45, 2.75) is 0 Å². The molecule has 1 amide bonds. The van der Waals surface area contributed by atoms with Gasteiger partial charge in [0.1, 0.15) is 5.00 Å². The molecule has 0 bridgehead atoms. The van der Waals surface area contributed by atoms with Crippen molar-refractivity contribution in [2.24, 2.45) is 0 Å². The van der Waals surface area contributed by atoms with Gasteiger partial charge in [0, 0.05) is 0 Å². The fourth-order valence-electron chi connectivity index (χ4n) is 0.345. The average molecular weight is 128 g/mol. The molecule has 0 spiro atoms. The van der Waals surface area contributed by atoms with Gasteiger partial charge in [-0.15, -0.1) is 11.3 Å². The summed E-state index contributed by atoms with van der Waals surface area (Å²) in [6.45, 7) is 0. The van der Waals surface area contributed by atoms with E-state index in [4.69, 9.17) is 0 Å². The van der Waals surface area contributed by atoms with Crippen LogP contribution in [-0.2, 0) is 4.79 Å². The van der Waals surface area contributed by atoms with Crippen LogP contribution in [0.15, 0.2) is 11.7 Å². The third-order valence-electron chi connectivity index (χ3n) is 0.634. The van der Waals surface area contributed by atoms with Crippen LogP contribution >= 0.6 is 11.3 Å². The highest BCUT2D eigenvalue weighted by Crippen LogP contribution is 2.09. The van der Waals surface area contributed by atoms with Gasteiger partial charge in [0.05, 0.1) is 11.7 Å². The van der Waals surface area contributed by atoms with E-state index in [2.05, 4.69) is 10.3 Å². The first-order valence-electron chi connectivity index (χ1n) is 2.02. The standard InChI is InChI=1S/C4H4N2OS/c7-2-6-4-1-5-3-8-4/h1-3H,(H,6,7). The molecule has 3 nitrogen and oxygen atoms in total. The molecule has 0 radical (unpaired) electrons. The summed E-state index contributed by atoms with van der Waals surface area (Å²) in [5.41, 5.74) is 1.66. The number of thiazole rings is 1. The van der Waals surface area contributed by atoms with Crippen LogP contribution in [0.1, 0.15) is 0 Å². The Morgan fingerprint density at radius 1 is 1.88 bits per heavy atom. The lowest BCUT2D eigenvalue weighted by Crippen LogP contribution is -1.88. The first-order valence-corrected chi connectivity index (χ1v) is 2.90. The molecule has 0 aliphatic rings. The van der Waals surface area contributed by atoms with E-state index in [1.807, 2.05) is 0 Å². The number of hydrogen-bond acceptors (Lipinski definition) is 3. The predicted octanol–water partition coefficient (Wildman–Crippen LogP) is 0.711.